The van der Waals surface area contributed by atoms with Crippen molar-refractivity contribution in [3.8, 4) is 5.75 Å². The maximum atomic E-state index is 11.8. The highest BCUT2D eigenvalue weighted by Gasteiger charge is 2.28. The van der Waals surface area contributed by atoms with Crippen molar-refractivity contribution in [3.63, 3.8) is 0 Å². The van der Waals surface area contributed by atoms with Crippen LogP contribution >= 0.6 is 0 Å². The molecule has 4 heteroatoms. The topological polar surface area (TPSA) is 46.6 Å². The number of nitrogens with zero attached hydrogens (tertiary/aromatic N) is 1. The van der Waals surface area contributed by atoms with E-state index in [0.717, 1.165) is 21.8 Å². The normalized spacial score (nSPS) is 15.2. The van der Waals surface area contributed by atoms with E-state index in [0.29, 0.717) is 5.57 Å². The van der Waals surface area contributed by atoms with E-state index < -0.39 is 0 Å². The van der Waals surface area contributed by atoms with Crippen molar-refractivity contribution in [2.45, 2.75) is 6.92 Å². The van der Waals surface area contributed by atoms with Crippen LogP contribution in [0.4, 0.5) is 0 Å². The average molecular weight is 231 g/mol. The second-order valence-electron chi connectivity index (χ2n) is 3.94. The van der Waals surface area contributed by atoms with Gasteiger partial charge in [-0.1, -0.05) is 6.07 Å². The van der Waals surface area contributed by atoms with Crippen LogP contribution in [0.2, 0.25) is 0 Å². The Bertz CT molecular complexity index is 531. The van der Waals surface area contributed by atoms with E-state index in [1.807, 2.05) is 13.0 Å². The van der Waals surface area contributed by atoms with Gasteiger partial charge in [-0.2, -0.15) is 0 Å². The SMILES string of the molecule is COc1ccc(C2=CC(=O)N(C)C2=O)cc1C. The summed E-state index contributed by atoms with van der Waals surface area (Å²) in [6.07, 6.45) is 1.36. The Labute approximate surface area is 99.5 Å². The van der Waals surface area contributed by atoms with E-state index in [2.05, 4.69) is 0 Å². The van der Waals surface area contributed by atoms with Gasteiger partial charge in [0.2, 0.25) is 0 Å². The molecule has 1 aliphatic rings. The van der Waals surface area contributed by atoms with Crippen molar-refractivity contribution in [1.29, 1.82) is 0 Å². The van der Waals surface area contributed by atoms with Gasteiger partial charge in [-0.3, -0.25) is 14.5 Å². The van der Waals surface area contributed by atoms with Crippen LogP contribution in [0.1, 0.15) is 11.1 Å². The summed E-state index contributed by atoms with van der Waals surface area (Å²) in [5.41, 5.74) is 2.11. The van der Waals surface area contributed by atoms with E-state index in [4.69, 9.17) is 4.74 Å². The summed E-state index contributed by atoms with van der Waals surface area (Å²) in [4.78, 5) is 24.3. The summed E-state index contributed by atoms with van der Waals surface area (Å²) in [6, 6.07) is 5.42. The zero-order valence-corrected chi connectivity index (χ0v) is 9.98. The Hall–Kier alpha value is -2.10. The second kappa shape index (κ2) is 4.05. The Morgan fingerprint density at radius 3 is 2.41 bits per heavy atom. The highest BCUT2D eigenvalue weighted by atomic mass is 16.5. The zero-order valence-electron chi connectivity index (χ0n) is 9.98. The van der Waals surface area contributed by atoms with Gasteiger partial charge in [-0.05, 0) is 30.2 Å². The summed E-state index contributed by atoms with van der Waals surface area (Å²) >= 11 is 0. The predicted molar refractivity (Wildman–Crippen MR) is 63.5 cm³/mol. The van der Waals surface area contributed by atoms with Gasteiger partial charge in [-0.15, -0.1) is 0 Å². The fraction of sp³-hybridized carbons (Fsp3) is 0.231. The van der Waals surface area contributed by atoms with Crippen LogP contribution in [0.25, 0.3) is 5.57 Å². The monoisotopic (exact) mass is 231 g/mol. The van der Waals surface area contributed by atoms with Crippen LogP contribution in [0, 0.1) is 6.92 Å². The molecular weight excluding hydrogens is 218 g/mol. The minimum Gasteiger partial charge on any atom is -0.496 e. The van der Waals surface area contributed by atoms with Crippen molar-refractivity contribution < 1.29 is 14.3 Å². The summed E-state index contributed by atoms with van der Waals surface area (Å²) < 4.78 is 5.15. The van der Waals surface area contributed by atoms with E-state index >= 15 is 0 Å². The number of carbonyl (C=O) groups is 2. The molecule has 0 atom stereocenters. The van der Waals surface area contributed by atoms with Crippen LogP contribution in [-0.4, -0.2) is 30.9 Å². The van der Waals surface area contributed by atoms with Gasteiger partial charge in [-0.25, -0.2) is 0 Å². The Kier molecular flexibility index (Phi) is 2.71. The van der Waals surface area contributed by atoms with Crippen LogP contribution in [0.15, 0.2) is 24.3 Å². The van der Waals surface area contributed by atoms with E-state index in [1.54, 1.807) is 19.2 Å². The number of likely N-dealkylation sites (N-methyl/N-ethyl adjacent to an activating group) is 1. The Balaban J connectivity index is 2.43. The minimum absolute atomic E-state index is 0.264. The standard InChI is InChI=1S/C13H13NO3/c1-8-6-9(4-5-11(8)17-3)10-7-12(15)14(2)13(10)16/h4-7H,1-3H3. The lowest BCUT2D eigenvalue weighted by Crippen LogP contribution is -2.25. The van der Waals surface area contributed by atoms with E-state index in [9.17, 15) is 9.59 Å². The van der Waals surface area contributed by atoms with Crippen molar-refractivity contribution in [2.75, 3.05) is 14.2 Å². The van der Waals surface area contributed by atoms with Gasteiger partial charge in [0.25, 0.3) is 11.8 Å². The van der Waals surface area contributed by atoms with Crippen LogP contribution < -0.4 is 4.74 Å². The molecule has 0 aromatic heterocycles. The first-order chi connectivity index (χ1) is 8.04. The number of methoxy groups -OCH3 is 1. The molecule has 1 aromatic carbocycles. The van der Waals surface area contributed by atoms with Gasteiger partial charge in [0, 0.05) is 13.1 Å². The molecular formula is C13H13NO3. The summed E-state index contributed by atoms with van der Waals surface area (Å²) in [5, 5.41) is 0. The molecule has 0 N–H and O–H groups in total. The molecule has 17 heavy (non-hydrogen) atoms. The summed E-state index contributed by atoms with van der Waals surface area (Å²) in [6.45, 7) is 1.90. The zero-order chi connectivity index (χ0) is 12.6. The molecule has 0 saturated heterocycles. The number of hydrogen-bond acceptors (Lipinski definition) is 3. The Morgan fingerprint density at radius 1 is 1.24 bits per heavy atom. The Morgan fingerprint density at radius 2 is 1.94 bits per heavy atom. The number of hydrogen-bond donors (Lipinski definition) is 0. The van der Waals surface area contributed by atoms with Gasteiger partial charge in [0.1, 0.15) is 5.75 Å². The lowest BCUT2D eigenvalue weighted by Gasteiger charge is -2.09. The van der Waals surface area contributed by atoms with E-state index in [-0.39, 0.29) is 11.8 Å². The highest BCUT2D eigenvalue weighted by Crippen LogP contribution is 2.26. The van der Waals surface area contributed by atoms with Crippen molar-refractivity contribution >= 4 is 17.4 Å². The first-order valence-electron chi connectivity index (χ1n) is 5.23. The van der Waals surface area contributed by atoms with Crippen molar-refractivity contribution in [1.82, 2.24) is 4.90 Å². The maximum absolute atomic E-state index is 11.8. The molecule has 1 aromatic rings. The molecule has 0 unspecified atom stereocenters. The van der Waals surface area contributed by atoms with Crippen LogP contribution in [-0.2, 0) is 9.59 Å². The van der Waals surface area contributed by atoms with E-state index in [1.165, 1.54) is 13.1 Å². The van der Waals surface area contributed by atoms with Gasteiger partial charge in [0.05, 0.1) is 12.7 Å². The molecule has 0 radical (unpaired) electrons. The molecule has 0 aliphatic carbocycles. The lowest BCUT2D eigenvalue weighted by atomic mass is 10.0. The highest BCUT2D eigenvalue weighted by molar-refractivity contribution is 6.33. The quantitative estimate of drug-likeness (QED) is 0.722. The smallest absolute Gasteiger partial charge is 0.261 e. The molecule has 4 nitrogen and oxygen atoms in total. The third kappa shape index (κ3) is 1.82. The molecule has 0 saturated carbocycles. The number of rotatable bonds is 2. The second-order valence-corrected chi connectivity index (χ2v) is 3.94. The number of amides is 2. The largest absolute Gasteiger partial charge is 0.496 e. The average Bonchev–Trinajstić information content (AvgIpc) is 2.57. The molecule has 88 valence electrons. The molecule has 0 fully saturated rings. The fourth-order valence-electron chi connectivity index (χ4n) is 1.82. The van der Waals surface area contributed by atoms with Gasteiger partial charge in [0.15, 0.2) is 0 Å². The molecule has 1 aliphatic heterocycles. The van der Waals surface area contributed by atoms with Crippen LogP contribution in [0.5, 0.6) is 5.75 Å². The number of imide groups is 1. The van der Waals surface area contributed by atoms with Crippen LogP contribution in [0.3, 0.4) is 0 Å². The van der Waals surface area contributed by atoms with Crippen molar-refractivity contribution in [3.05, 3.63) is 35.4 Å². The summed E-state index contributed by atoms with van der Waals surface area (Å²) in [7, 11) is 3.07. The van der Waals surface area contributed by atoms with Gasteiger partial charge < -0.3 is 4.74 Å². The fourth-order valence-corrected chi connectivity index (χ4v) is 1.82. The first-order valence-corrected chi connectivity index (χ1v) is 5.23. The molecule has 0 bridgehead atoms. The minimum atomic E-state index is -0.279. The predicted octanol–water partition coefficient (Wildman–Crippen LogP) is 1.39. The number of aryl methyl sites for hydroxylation is 1. The summed E-state index contributed by atoms with van der Waals surface area (Å²) in [5.74, 6) is 0.220. The first kappa shape index (κ1) is 11.4. The molecule has 1 heterocycles. The van der Waals surface area contributed by atoms with Gasteiger partial charge >= 0.3 is 0 Å². The molecule has 2 rings (SSSR count). The number of carbonyl (C=O) groups excluding carboxylic acids is 2. The van der Waals surface area contributed by atoms with Crippen molar-refractivity contribution in [2.24, 2.45) is 0 Å². The molecule has 0 spiro atoms. The molecule has 2 amide bonds. The number of benzene rings is 1. The third-order valence-electron chi connectivity index (χ3n) is 2.84. The number of ether oxygens (including phenoxy) is 1. The third-order valence-corrected chi connectivity index (χ3v) is 2.84. The lowest BCUT2D eigenvalue weighted by molar-refractivity contribution is -0.134. The maximum Gasteiger partial charge on any atom is 0.261 e.